The lowest BCUT2D eigenvalue weighted by Gasteiger charge is -2.23. The number of carboxylic acid groups (broad SMARTS) is 1. The first-order valence-electron chi connectivity index (χ1n) is 6.44. The Morgan fingerprint density at radius 2 is 2.00 bits per heavy atom. The van der Waals surface area contributed by atoms with Crippen LogP contribution in [0.1, 0.15) is 33.1 Å². The van der Waals surface area contributed by atoms with E-state index in [1.165, 1.54) is 4.90 Å². The van der Waals surface area contributed by atoms with Gasteiger partial charge in [0.25, 0.3) is 0 Å². The van der Waals surface area contributed by atoms with Crippen molar-refractivity contribution in [3.8, 4) is 0 Å². The van der Waals surface area contributed by atoms with Gasteiger partial charge >= 0.3 is 12.0 Å². The van der Waals surface area contributed by atoms with E-state index >= 15 is 0 Å². The second-order valence-electron chi connectivity index (χ2n) is 4.76. The minimum Gasteiger partial charge on any atom is -0.480 e. The molecule has 0 aliphatic carbocycles. The summed E-state index contributed by atoms with van der Waals surface area (Å²) in [5.74, 6) is -0.658. The van der Waals surface area contributed by atoms with Crippen LogP contribution >= 0.6 is 0 Å². The SMILES string of the molecule is CCC(CC)CNC(=O)N1C[C@H](O)C[C@@H]1C(=O)O. The van der Waals surface area contributed by atoms with Gasteiger partial charge in [0.15, 0.2) is 0 Å². The van der Waals surface area contributed by atoms with Crippen molar-refractivity contribution in [3.05, 3.63) is 0 Å². The van der Waals surface area contributed by atoms with Gasteiger partial charge in [-0.15, -0.1) is 0 Å². The molecule has 6 heteroatoms. The average Bonchev–Trinajstić information content (AvgIpc) is 2.72. The van der Waals surface area contributed by atoms with Crippen molar-refractivity contribution < 1.29 is 19.8 Å². The van der Waals surface area contributed by atoms with Crippen molar-refractivity contribution in [2.24, 2.45) is 5.92 Å². The van der Waals surface area contributed by atoms with Crippen LogP contribution < -0.4 is 5.32 Å². The number of urea groups is 1. The third-order valence-corrected chi connectivity index (χ3v) is 3.52. The van der Waals surface area contributed by atoms with E-state index in [2.05, 4.69) is 19.2 Å². The largest absolute Gasteiger partial charge is 0.480 e. The number of carbonyl (C=O) groups excluding carboxylic acids is 1. The molecule has 0 aromatic heterocycles. The highest BCUT2D eigenvalue weighted by atomic mass is 16.4. The fourth-order valence-corrected chi connectivity index (χ4v) is 2.18. The van der Waals surface area contributed by atoms with Crippen LogP contribution in [0.5, 0.6) is 0 Å². The van der Waals surface area contributed by atoms with Gasteiger partial charge in [-0.1, -0.05) is 26.7 Å². The van der Waals surface area contributed by atoms with E-state index in [9.17, 15) is 14.7 Å². The van der Waals surface area contributed by atoms with Crippen molar-refractivity contribution in [2.75, 3.05) is 13.1 Å². The van der Waals surface area contributed by atoms with Gasteiger partial charge in [-0.2, -0.15) is 0 Å². The van der Waals surface area contributed by atoms with E-state index < -0.39 is 24.1 Å². The molecular weight excluding hydrogens is 236 g/mol. The number of carbonyl (C=O) groups is 2. The number of amides is 2. The molecule has 2 amide bonds. The number of nitrogens with one attached hydrogen (secondary N) is 1. The smallest absolute Gasteiger partial charge is 0.326 e. The summed E-state index contributed by atoms with van der Waals surface area (Å²) in [5, 5.41) is 21.2. The van der Waals surface area contributed by atoms with Crippen LogP contribution in [0.4, 0.5) is 4.79 Å². The molecular formula is C12H22N2O4. The number of aliphatic hydroxyl groups is 1. The van der Waals surface area contributed by atoms with Gasteiger partial charge < -0.3 is 20.4 Å². The topological polar surface area (TPSA) is 89.9 Å². The Morgan fingerprint density at radius 3 is 2.50 bits per heavy atom. The minimum absolute atomic E-state index is 0.0890. The number of carboxylic acids is 1. The molecule has 0 bridgehead atoms. The van der Waals surface area contributed by atoms with Crippen molar-refractivity contribution in [1.29, 1.82) is 0 Å². The number of aliphatic hydroxyl groups excluding tert-OH is 1. The zero-order valence-electron chi connectivity index (χ0n) is 10.9. The van der Waals surface area contributed by atoms with E-state index in [4.69, 9.17) is 5.11 Å². The Balaban J connectivity index is 2.52. The van der Waals surface area contributed by atoms with Gasteiger partial charge in [0.2, 0.25) is 0 Å². The zero-order chi connectivity index (χ0) is 13.7. The molecule has 2 atom stereocenters. The first-order valence-corrected chi connectivity index (χ1v) is 6.44. The molecule has 0 radical (unpaired) electrons. The van der Waals surface area contributed by atoms with Crippen molar-refractivity contribution in [1.82, 2.24) is 10.2 Å². The van der Waals surface area contributed by atoms with Gasteiger partial charge in [-0.05, 0) is 5.92 Å². The fourth-order valence-electron chi connectivity index (χ4n) is 2.18. The molecule has 1 fully saturated rings. The highest BCUT2D eigenvalue weighted by molar-refractivity contribution is 5.83. The Kier molecular flexibility index (Phi) is 5.40. The lowest BCUT2D eigenvalue weighted by molar-refractivity contribution is -0.141. The van der Waals surface area contributed by atoms with Crippen molar-refractivity contribution in [2.45, 2.75) is 45.3 Å². The Hall–Kier alpha value is -1.30. The van der Waals surface area contributed by atoms with Gasteiger partial charge in [-0.3, -0.25) is 0 Å². The first-order chi connectivity index (χ1) is 8.49. The summed E-state index contributed by atoms with van der Waals surface area (Å²) in [6.45, 7) is 4.75. The van der Waals surface area contributed by atoms with Gasteiger partial charge in [-0.25, -0.2) is 9.59 Å². The third kappa shape index (κ3) is 3.60. The molecule has 1 heterocycles. The second-order valence-corrected chi connectivity index (χ2v) is 4.76. The molecule has 104 valence electrons. The lowest BCUT2D eigenvalue weighted by Crippen LogP contribution is -2.47. The summed E-state index contributed by atoms with van der Waals surface area (Å²) in [6.07, 6.45) is 1.31. The summed E-state index contributed by atoms with van der Waals surface area (Å²) in [5.41, 5.74) is 0. The first kappa shape index (κ1) is 14.8. The fraction of sp³-hybridized carbons (Fsp3) is 0.833. The highest BCUT2D eigenvalue weighted by Crippen LogP contribution is 2.18. The molecule has 1 aliphatic rings. The summed E-state index contributed by atoms with van der Waals surface area (Å²) >= 11 is 0. The van der Waals surface area contributed by atoms with Gasteiger partial charge in [0, 0.05) is 19.5 Å². The molecule has 0 unspecified atom stereocenters. The normalized spacial score (nSPS) is 23.4. The summed E-state index contributed by atoms with van der Waals surface area (Å²) in [7, 11) is 0. The molecule has 3 N–H and O–H groups in total. The predicted molar refractivity (Wildman–Crippen MR) is 66.2 cm³/mol. The zero-order valence-corrected chi connectivity index (χ0v) is 10.9. The molecule has 1 rings (SSSR count). The van der Waals surface area contributed by atoms with Crippen LogP contribution in [0.2, 0.25) is 0 Å². The van der Waals surface area contributed by atoms with E-state index in [1.807, 2.05) is 0 Å². The summed E-state index contributed by atoms with van der Waals surface area (Å²) < 4.78 is 0. The maximum Gasteiger partial charge on any atom is 0.326 e. The maximum atomic E-state index is 11.9. The molecule has 1 saturated heterocycles. The number of rotatable bonds is 5. The van der Waals surface area contributed by atoms with Crippen LogP contribution in [0.3, 0.4) is 0 Å². The number of β-amino-alcohol motifs (C(OH)–C–C–N with tert-alkyl or cyclic N) is 1. The Bertz CT molecular complexity index is 304. The lowest BCUT2D eigenvalue weighted by atomic mass is 10.0. The Morgan fingerprint density at radius 1 is 1.39 bits per heavy atom. The van der Waals surface area contributed by atoms with E-state index in [1.54, 1.807) is 0 Å². The predicted octanol–water partition coefficient (Wildman–Crippen LogP) is 0.652. The second kappa shape index (κ2) is 6.58. The van der Waals surface area contributed by atoms with E-state index in [0.29, 0.717) is 12.5 Å². The molecule has 18 heavy (non-hydrogen) atoms. The van der Waals surface area contributed by atoms with E-state index in [-0.39, 0.29) is 13.0 Å². The molecule has 0 aromatic rings. The van der Waals surface area contributed by atoms with Gasteiger partial charge in [0.1, 0.15) is 6.04 Å². The number of hydrogen-bond acceptors (Lipinski definition) is 3. The maximum absolute atomic E-state index is 11.9. The van der Waals surface area contributed by atoms with Gasteiger partial charge in [0.05, 0.1) is 6.10 Å². The highest BCUT2D eigenvalue weighted by Gasteiger charge is 2.38. The van der Waals surface area contributed by atoms with E-state index in [0.717, 1.165) is 12.8 Å². The monoisotopic (exact) mass is 258 g/mol. The minimum atomic E-state index is -1.07. The number of nitrogens with zero attached hydrogens (tertiary/aromatic N) is 1. The molecule has 0 spiro atoms. The standard InChI is InChI=1S/C12H22N2O4/c1-3-8(4-2)6-13-12(18)14-7-9(15)5-10(14)11(16)17/h8-10,15H,3-7H2,1-2H3,(H,13,18)(H,16,17)/t9-,10-/m1/s1. The third-order valence-electron chi connectivity index (χ3n) is 3.52. The molecule has 0 aromatic carbocycles. The summed E-state index contributed by atoms with van der Waals surface area (Å²) in [4.78, 5) is 24.1. The van der Waals surface area contributed by atoms with Crippen LogP contribution in [-0.2, 0) is 4.79 Å². The van der Waals surface area contributed by atoms with Crippen molar-refractivity contribution >= 4 is 12.0 Å². The number of aliphatic carboxylic acids is 1. The Labute approximate surface area is 107 Å². The number of hydrogen-bond donors (Lipinski definition) is 3. The van der Waals surface area contributed by atoms with Crippen molar-refractivity contribution in [3.63, 3.8) is 0 Å². The average molecular weight is 258 g/mol. The molecule has 1 aliphatic heterocycles. The quantitative estimate of drug-likeness (QED) is 0.675. The number of likely N-dealkylation sites (tertiary alicyclic amines) is 1. The van der Waals surface area contributed by atoms with Crippen LogP contribution in [0.25, 0.3) is 0 Å². The molecule has 6 nitrogen and oxygen atoms in total. The summed E-state index contributed by atoms with van der Waals surface area (Å²) in [6, 6.07) is -1.31. The van der Waals surface area contributed by atoms with Crippen LogP contribution in [0, 0.1) is 5.92 Å². The van der Waals surface area contributed by atoms with Crippen LogP contribution in [-0.4, -0.2) is 52.3 Å². The molecule has 0 saturated carbocycles. The van der Waals surface area contributed by atoms with Crippen LogP contribution in [0.15, 0.2) is 0 Å².